The second-order valence-corrected chi connectivity index (χ2v) is 6.93. The van der Waals surface area contributed by atoms with Gasteiger partial charge in [-0.05, 0) is 48.9 Å². The topological polar surface area (TPSA) is 49.3 Å². The minimum absolute atomic E-state index is 0.0165. The maximum atomic E-state index is 12.9. The number of hydrogen-bond acceptors (Lipinski definition) is 3. The van der Waals surface area contributed by atoms with Gasteiger partial charge in [0, 0.05) is 16.8 Å². The van der Waals surface area contributed by atoms with Gasteiger partial charge in [0.15, 0.2) is 0 Å². The van der Waals surface area contributed by atoms with Gasteiger partial charge in [0.1, 0.15) is 5.82 Å². The van der Waals surface area contributed by atoms with E-state index in [1.165, 1.54) is 17.0 Å². The zero-order valence-corrected chi connectivity index (χ0v) is 14.1. The smallest absolute Gasteiger partial charge is 0.223 e. The first-order valence-corrected chi connectivity index (χ1v) is 8.60. The van der Waals surface area contributed by atoms with Crippen LogP contribution in [0.5, 0.6) is 0 Å². The molecule has 23 heavy (non-hydrogen) atoms. The molecule has 1 heterocycles. The molecule has 0 bridgehead atoms. The summed E-state index contributed by atoms with van der Waals surface area (Å²) in [6.45, 7) is 3.76. The summed E-state index contributed by atoms with van der Waals surface area (Å²) in [6, 6.07) is 9.62. The summed E-state index contributed by atoms with van der Waals surface area (Å²) in [5.74, 6) is -0.457. The van der Waals surface area contributed by atoms with Gasteiger partial charge in [-0.15, -0.1) is 11.3 Å². The lowest BCUT2D eigenvalue weighted by molar-refractivity contribution is -0.125. The Morgan fingerprint density at radius 1 is 1.26 bits per heavy atom. The Kier molecular flexibility index (Phi) is 6.30. The lowest BCUT2D eigenvalue weighted by Crippen LogP contribution is -2.37. The summed E-state index contributed by atoms with van der Waals surface area (Å²) < 4.78 is 12.9. The van der Waals surface area contributed by atoms with Crippen molar-refractivity contribution in [3.63, 3.8) is 0 Å². The average Bonchev–Trinajstić information content (AvgIpc) is 3.00. The van der Waals surface area contributed by atoms with Crippen molar-refractivity contribution in [3.8, 4) is 0 Å². The van der Waals surface area contributed by atoms with Gasteiger partial charge in [-0.3, -0.25) is 4.79 Å². The van der Waals surface area contributed by atoms with Crippen molar-refractivity contribution >= 4 is 17.2 Å². The standard InChI is InChI=1S/C18H22FNO2S/c1-12(10-16-4-3-9-23-16)18(22)20-13(2)11-17(21)14-5-7-15(19)8-6-14/h3-9,12-13,17,21H,10-11H2,1-2H3,(H,20,22). The molecular formula is C18H22FNO2S. The van der Waals surface area contributed by atoms with Gasteiger partial charge < -0.3 is 10.4 Å². The highest BCUT2D eigenvalue weighted by Gasteiger charge is 2.18. The van der Waals surface area contributed by atoms with Crippen LogP contribution < -0.4 is 5.32 Å². The molecule has 1 aromatic heterocycles. The third-order valence-electron chi connectivity index (χ3n) is 3.76. The fourth-order valence-electron chi connectivity index (χ4n) is 2.42. The van der Waals surface area contributed by atoms with Crippen LogP contribution in [0.15, 0.2) is 41.8 Å². The predicted molar refractivity (Wildman–Crippen MR) is 90.8 cm³/mol. The summed E-state index contributed by atoms with van der Waals surface area (Å²) >= 11 is 1.65. The molecule has 0 aliphatic carbocycles. The molecule has 2 N–H and O–H groups in total. The number of aliphatic hydroxyl groups is 1. The van der Waals surface area contributed by atoms with Gasteiger partial charge in [-0.2, -0.15) is 0 Å². The number of nitrogens with one attached hydrogen (secondary N) is 1. The molecule has 0 saturated heterocycles. The van der Waals surface area contributed by atoms with E-state index in [-0.39, 0.29) is 23.7 Å². The molecule has 0 saturated carbocycles. The van der Waals surface area contributed by atoms with E-state index in [0.717, 1.165) is 6.42 Å². The van der Waals surface area contributed by atoms with Gasteiger partial charge >= 0.3 is 0 Å². The van der Waals surface area contributed by atoms with Crippen LogP contribution in [0.25, 0.3) is 0 Å². The lowest BCUT2D eigenvalue weighted by atomic mass is 10.0. The van der Waals surface area contributed by atoms with E-state index in [2.05, 4.69) is 5.32 Å². The number of halogens is 1. The van der Waals surface area contributed by atoms with Crippen LogP contribution in [0.1, 0.15) is 36.8 Å². The predicted octanol–water partition coefficient (Wildman–Crippen LogP) is 3.69. The van der Waals surface area contributed by atoms with Gasteiger partial charge in [0.2, 0.25) is 5.91 Å². The summed E-state index contributed by atoms with van der Waals surface area (Å²) in [7, 11) is 0. The van der Waals surface area contributed by atoms with Gasteiger partial charge in [-0.25, -0.2) is 4.39 Å². The Bertz CT molecular complexity index is 612. The first kappa shape index (κ1) is 17.6. The highest BCUT2D eigenvalue weighted by Crippen LogP contribution is 2.19. The van der Waals surface area contributed by atoms with E-state index in [4.69, 9.17) is 0 Å². The second kappa shape index (κ2) is 8.22. The van der Waals surface area contributed by atoms with Crippen molar-refractivity contribution in [2.45, 2.75) is 38.8 Å². The minimum Gasteiger partial charge on any atom is -0.388 e. The Labute approximate surface area is 140 Å². The van der Waals surface area contributed by atoms with Crippen LogP contribution in [0, 0.1) is 11.7 Å². The van der Waals surface area contributed by atoms with Gasteiger partial charge in [0.05, 0.1) is 6.10 Å². The van der Waals surface area contributed by atoms with Crippen molar-refractivity contribution in [2.24, 2.45) is 5.92 Å². The number of aliphatic hydroxyl groups excluding tert-OH is 1. The van der Waals surface area contributed by atoms with Crippen LogP contribution in [0.4, 0.5) is 4.39 Å². The van der Waals surface area contributed by atoms with Crippen molar-refractivity contribution < 1.29 is 14.3 Å². The van der Waals surface area contributed by atoms with Crippen LogP contribution in [-0.4, -0.2) is 17.1 Å². The van der Waals surface area contributed by atoms with Crippen LogP contribution in [0.2, 0.25) is 0 Å². The van der Waals surface area contributed by atoms with Gasteiger partial charge in [0.25, 0.3) is 0 Å². The van der Waals surface area contributed by atoms with Crippen molar-refractivity contribution in [3.05, 3.63) is 58.0 Å². The minimum atomic E-state index is -0.724. The third kappa shape index (κ3) is 5.44. The van der Waals surface area contributed by atoms with E-state index in [1.807, 2.05) is 31.4 Å². The molecule has 0 spiro atoms. The molecule has 3 atom stereocenters. The molecule has 2 rings (SSSR count). The zero-order chi connectivity index (χ0) is 16.8. The fourth-order valence-corrected chi connectivity index (χ4v) is 3.26. The number of benzene rings is 1. The number of rotatable bonds is 7. The third-order valence-corrected chi connectivity index (χ3v) is 4.65. The quantitative estimate of drug-likeness (QED) is 0.811. The monoisotopic (exact) mass is 335 g/mol. The first-order valence-electron chi connectivity index (χ1n) is 7.72. The average molecular weight is 335 g/mol. The molecule has 3 nitrogen and oxygen atoms in total. The molecule has 0 fully saturated rings. The fraction of sp³-hybridized carbons (Fsp3) is 0.389. The Morgan fingerprint density at radius 3 is 2.57 bits per heavy atom. The lowest BCUT2D eigenvalue weighted by Gasteiger charge is -2.20. The van der Waals surface area contributed by atoms with Crippen LogP contribution in [-0.2, 0) is 11.2 Å². The first-order chi connectivity index (χ1) is 11.0. The number of thiophene rings is 1. The Balaban J connectivity index is 1.82. The summed E-state index contributed by atoms with van der Waals surface area (Å²) in [6.07, 6.45) is 0.387. The van der Waals surface area contributed by atoms with E-state index in [0.29, 0.717) is 12.0 Å². The molecular weight excluding hydrogens is 313 g/mol. The van der Waals surface area contributed by atoms with Gasteiger partial charge in [-0.1, -0.05) is 25.1 Å². The zero-order valence-electron chi connectivity index (χ0n) is 13.3. The molecule has 2 aromatic rings. The van der Waals surface area contributed by atoms with Crippen molar-refractivity contribution in [2.75, 3.05) is 0 Å². The molecule has 3 unspecified atom stereocenters. The maximum absolute atomic E-state index is 12.9. The highest BCUT2D eigenvalue weighted by molar-refractivity contribution is 7.09. The number of amides is 1. The van der Waals surface area contributed by atoms with E-state index in [1.54, 1.807) is 23.5 Å². The van der Waals surface area contributed by atoms with Crippen molar-refractivity contribution in [1.82, 2.24) is 5.32 Å². The molecule has 1 amide bonds. The highest BCUT2D eigenvalue weighted by atomic mass is 32.1. The number of hydrogen-bond donors (Lipinski definition) is 2. The Hall–Kier alpha value is -1.72. The summed E-state index contributed by atoms with van der Waals surface area (Å²) in [5.41, 5.74) is 0.652. The summed E-state index contributed by atoms with van der Waals surface area (Å²) in [4.78, 5) is 13.4. The maximum Gasteiger partial charge on any atom is 0.223 e. The largest absolute Gasteiger partial charge is 0.388 e. The molecule has 0 aliphatic rings. The SMILES string of the molecule is CC(CC(O)c1ccc(F)cc1)NC(=O)C(C)Cc1cccs1. The normalized spacial score (nSPS) is 15.0. The Morgan fingerprint density at radius 2 is 1.96 bits per heavy atom. The number of carbonyl (C=O) groups is 1. The molecule has 1 aromatic carbocycles. The molecule has 0 radical (unpaired) electrons. The summed E-state index contributed by atoms with van der Waals surface area (Å²) in [5, 5.41) is 15.1. The van der Waals surface area contributed by atoms with E-state index < -0.39 is 6.10 Å². The molecule has 0 aliphatic heterocycles. The van der Waals surface area contributed by atoms with Crippen molar-refractivity contribution in [1.29, 1.82) is 0 Å². The molecule has 5 heteroatoms. The second-order valence-electron chi connectivity index (χ2n) is 5.90. The van der Waals surface area contributed by atoms with E-state index >= 15 is 0 Å². The van der Waals surface area contributed by atoms with Crippen LogP contribution >= 0.6 is 11.3 Å². The van der Waals surface area contributed by atoms with Crippen LogP contribution in [0.3, 0.4) is 0 Å². The number of carbonyl (C=O) groups excluding carboxylic acids is 1. The molecule has 124 valence electrons. The van der Waals surface area contributed by atoms with E-state index in [9.17, 15) is 14.3 Å².